The Balaban J connectivity index is 2.53. The molecule has 0 bridgehead atoms. The Bertz CT molecular complexity index is 617. The molecule has 0 fully saturated rings. The molecule has 0 heterocycles. The van der Waals surface area contributed by atoms with E-state index in [1.165, 1.54) is 0 Å². The van der Waals surface area contributed by atoms with Crippen LogP contribution in [0.25, 0.3) is 0 Å². The van der Waals surface area contributed by atoms with Crippen LogP contribution in [0.15, 0.2) is 24.3 Å². The van der Waals surface area contributed by atoms with Crippen molar-refractivity contribution < 1.29 is 28.6 Å². The summed E-state index contributed by atoms with van der Waals surface area (Å²) >= 11 is 0. The average Bonchev–Trinajstić information content (AvgIpc) is 2.42. The van der Waals surface area contributed by atoms with Gasteiger partial charge >= 0.3 is 13.6 Å². The van der Waals surface area contributed by atoms with E-state index in [1.54, 1.807) is 6.07 Å². The van der Waals surface area contributed by atoms with E-state index in [9.17, 15) is 9.36 Å². The lowest BCUT2D eigenvalue weighted by atomic mass is 10.0. The Morgan fingerprint density at radius 1 is 1.23 bits per heavy atom. The molecule has 0 saturated heterocycles. The quantitative estimate of drug-likeness (QED) is 0.262. The summed E-state index contributed by atoms with van der Waals surface area (Å²) in [6.45, 7) is 9.06. The Hall–Kier alpha value is -1.46. The van der Waals surface area contributed by atoms with Gasteiger partial charge in [-0.15, -0.1) is 0 Å². The highest BCUT2D eigenvalue weighted by atomic mass is 31.2. The predicted molar refractivity (Wildman–Crippen MR) is 83.2 cm³/mol. The lowest BCUT2D eigenvalue weighted by Gasteiger charge is -2.12. The van der Waals surface area contributed by atoms with Crippen LogP contribution in [0.2, 0.25) is 0 Å². The third kappa shape index (κ3) is 5.73. The number of carbonyl (C=O) groups excluding carboxylic acids is 1. The molecule has 0 aliphatic carbocycles. The molecule has 1 aromatic rings. The van der Waals surface area contributed by atoms with Gasteiger partial charge in [-0.3, -0.25) is 4.57 Å². The van der Waals surface area contributed by atoms with Crippen molar-refractivity contribution in [1.29, 1.82) is 0 Å². The van der Waals surface area contributed by atoms with Crippen LogP contribution in [0.3, 0.4) is 0 Å². The minimum absolute atomic E-state index is 0.0864. The van der Waals surface area contributed by atoms with Gasteiger partial charge in [-0.25, -0.2) is 4.79 Å². The fourth-order valence-electron chi connectivity index (χ4n) is 1.65. The van der Waals surface area contributed by atoms with Gasteiger partial charge in [0.25, 0.3) is 0 Å². The van der Waals surface area contributed by atoms with Crippen LogP contribution in [0, 0.1) is 20.8 Å². The molecule has 7 heteroatoms. The summed E-state index contributed by atoms with van der Waals surface area (Å²) in [7, 11) is -4.09. The molecule has 2 N–H and O–H groups in total. The van der Waals surface area contributed by atoms with E-state index in [0.717, 1.165) is 16.7 Å². The summed E-state index contributed by atoms with van der Waals surface area (Å²) in [5, 5.41) is 0. The van der Waals surface area contributed by atoms with Crippen molar-refractivity contribution in [1.82, 2.24) is 0 Å². The van der Waals surface area contributed by atoms with E-state index in [2.05, 4.69) is 6.58 Å². The molecule has 1 rings (SSSR count). The third-order valence-electron chi connectivity index (χ3n) is 3.30. The fraction of sp³-hybridized carbons (Fsp3) is 0.400. The van der Waals surface area contributed by atoms with Crippen molar-refractivity contribution in [2.24, 2.45) is 0 Å². The number of hydrogen-bond donors (Lipinski definition) is 2. The van der Waals surface area contributed by atoms with E-state index in [1.807, 2.05) is 26.8 Å². The Kier molecular flexibility index (Phi) is 6.50. The summed E-state index contributed by atoms with van der Waals surface area (Å²) in [5.74, 6) is -0.160. The number of aryl methyl sites for hydroxylation is 1. The van der Waals surface area contributed by atoms with Crippen molar-refractivity contribution in [2.75, 3.05) is 19.4 Å². The van der Waals surface area contributed by atoms with Crippen molar-refractivity contribution >= 4 is 13.6 Å². The summed E-state index contributed by atoms with van der Waals surface area (Å²) in [6.07, 6.45) is -0.397. The van der Waals surface area contributed by atoms with Crippen LogP contribution in [-0.4, -0.2) is 35.1 Å². The van der Waals surface area contributed by atoms with E-state index < -0.39 is 19.7 Å². The van der Waals surface area contributed by atoms with Crippen molar-refractivity contribution in [3.63, 3.8) is 0 Å². The molecule has 0 spiro atoms. The normalized spacial score (nSPS) is 11.3. The average molecular weight is 328 g/mol. The van der Waals surface area contributed by atoms with Gasteiger partial charge in [-0.05, 0) is 43.5 Å². The first kappa shape index (κ1) is 18.6. The summed E-state index contributed by atoms with van der Waals surface area (Å²) in [6, 6.07) is 3.59. The van der Waals surface area contributed by atoms with Gasteiger partial charge in [0.05, 0.1) is 24.9 Å². The molecule has 122 valence electrons. The van der Waals surface area contributed by atoms with Crippen LogP contribution in [0.1, 0.15) is 16.7 Å². The lowest BCUT2D eigenvalue weighted by Crippen LogP contribution is -2.16. The maximum Gasteiger partial charge on any atom is 0.341 e. The van der Waals surface area contributed by atoms with Crippen LogP contribution < -0.4 is 4.74 Å². The molecule has 0 aliphatic rings. The maximum atomic E-state index is 11.9. The van der Waals surface area contributed by atoms with Crippen LogP contribution in [-0.2, 0) is 14.1 Å². The Morgan fingerprint density at radius 3 is 2.45 bits per heavy atom. The summed E-state index contributed by atoms with van der Waals surface area (Å²) in [5.41, 5.74) is 3.12. The highest BCUT2D eigenvalue weighted by molar-refractivity contribution is 7.51. The number of rotatable bonds is 7. The lowest BCUT2D eigenvalue weighted by molar-refractivity contribution is -0.130. The largest absolute Gasteiger partial charge is 0.423 e. The van der Waals surface area contributed by atoms with Gasteiger partial charge in [-0.1, -0.05) is 12.6 Å². The van der Waals surface area contributed by atoms with Crippen molar-refractivity contribution in [2.45, 2.75) is 20.8 Å². The number of esters is 1. The highest BCUT2D eigenvalue weighted by Crippen LogP contribution is 2.33. The monoisotopic (exact) mass is 328 g/mol. The molecule has 22 heavy (non-hydrogen) atoms. The second-order valence-electron chi connectivity index (χ2n) is 5.06. The number of benzene rings is 1. The molecule has 0 unspecified atom stereocenters. The van der Waals surface area contributed by atoms with Crippen LogP contribution in [0.5, 0.6) is 5.75 Å². The Morgan fingerprint density at radius 2 is 1.86 bits per heavy atom. The van der Waals surface area contributed by atoms with Crippen LogP contribution >= 0.6 is 7.60 Å². The first-order valence-electron chi connectivity index (χ1n) is 6.71. The van der Waals surface area contributed by atoms with E-state index >= 15 is 0 Å². The molecule has 0 radical (unpaired) electrons. The van der Waals surface area contributed by atoms with E-state index in [4.69, 9.17) is 19.3 Å². The summed E-state index contributed by atoms with van der Waals surface area (Å²) < 4.78 is 20.9. The Labute approximate surface area is 129 Å². The number of ether oxygens (including phenoxy) is 2. The van der Waals surface area contributed by atoms with Crippen molar-refractivity contribution in [3.05, 3.63) is 41.0 Å². The minimum atomic E-state index is -4.09. The van der Waals surface area contributed by atoms with Gasteiger partial charge in [-0.2, -0.15) is 0 Å². The summed E-state index contributed by atoms with van der Waals surface area (Å²) in [4.78, 5) is 29.3. The zero-order valence-electron chi connectivity index (χ0n) is 13.0. The molecule has 6 nitrogen and oxygen atoms in total. The molecule has 0 aliphatic heterocycles. The fourth-order valence-corrected chi connectivity index (χ4v) is 2.02. The first-order chi connectivity index (χ1) is 10.1. The van der Waals surface area contributed by atoms with Crippen LogP contribution in [0.4, 0.5) is 0 Å². The van der Waals surface area contributed by atoms with E-state index in [-0.39, 0.29) is 18.8 Å². The number of hydrogen-bond acceptors (Lipinski definition) is 4. The molecule has 0 atom stereocenters. The minimum Gasteiger partial charge on any atom is -0.423 e. The predicted octanol–water partition coefficient (Wildman–Crippen LogP) is 2.27. The molecule has 0 aromatic heterocycles. The third-order valence-corrected chi connectivity index (χ3v) is 4.07. The smallest absolute Gasteiger partial charge is 0.341 e. The second-order valence-corrected chi connectivity index (χ2v) is 6.84. The zero-order valence-corrected chi connectivity index (χ0v) is 13.9. The zero-order chi connectivity index (χ0) is 16.9. The molecular formula is C15H21O6P. The van der Waals surface area contributed by atoms with Gasteiger partial charge in [0, 0.05) is 0 Å². The molecular weight excluding hydrogens is 307 g/mol. The second kappa shape index (κ2) is 7.70. The molecule has 1 aromatic carbocycles. The highest BCUT2D eigenvalue weighted by Gasteiger charge is 2.15. The maximum absolute atomic E-state index is 11.9. The van der Waals surface area contributed by atoms with Gasteiger partial charge < -0.3 is 19.3 Å². The van der Waals surface area contributed by atoms with Crippen molar-refractivity contribution in [3.8, 4) is 5.75 Å². The van der Waals surface area contributed by atoms with Gasteiger partial charge in [0.1, 0.15) is 5.75 Å². The molecule has 0 saturated carbocycles. The standard InChI is InChI=1S/C15H21O6P/c1-10-5-6-14(13(4)12(10)3)21-15(16)11(2)9-20-7-8-22(17,18)19/h5-6H,2,7-9H2,1,3-4H3,(H2,17,18,19). The SMILES string of the molecule is C=C(COCCP(=O)(O)O)C(=O)Oc1ccc(C)c(C)c1C. The van der Waals surface area contributed by atoms with Gasteiger partial charge in [0.2, 0.25) is 0 Å². The first-order valence-corrected chi connectivity index (χ1v) is 8.50. The molecule has 0 amide bonds. The topological polar surface area (TPSA) is 93.1 Å². The van der Waals surface area contributed by atoms with Gasteiger partial charge in [0.15, 0.2) is 0 Å². The number of carbonyl (C=O) groups is 1. The van der Waals surface area contributed by atoms with E-state index in [0.29, 0.717) is 5.75 Å².